The number of nitrogens with zero attached hydrogens (tertiary/aromatic N) is 2. The second-order valence-corrected chi connectivity index (χ2v) is 4.41. The highest BCUT2D eigenvalue weighted by Gasteiger charge is 2.36. The lowest BCUT2D eigenvalue weighted by atomic mass is 10.6. The summed E-state index contributed by atoms with van der Waals surface area (Å²) in [6, 6.07) is 0. The molecule has 1 atom stereocenters. The average Bonchev–Trinajstić information content (AvgIpc) is 2.61. The molecule has 0 radical (unpaired) electrons. The minimum Gasteiger partial charge on any atom is -0.741 e. The summed E-state index contributed by atoms with van der Waals surface area (Å²) in [6.45, 7) is 3.34. The molecule has 18 heavy (non-hydrogen) atoms. The van der Waals surface area contributed by atoms with Gasteiger partial charge in [0.2, 0.25) is 6.33 Å². The highest BCUT2D eigenvalue weighted by molar-refractivity contribution is 7.86. The molecule has 0 amide bonds. The van der Waals surface area contributed by atoms with Gasteiger partial charge in [-0.05, 0) is 6.08 Å². The van der Waals surface area contributed by atoms with Gasteiger partial charge in [-0.15, -0.1) is 0 Å². The Morgan fingerprint density at radius 2 is 1.94 bits per heavy atom. The molecule has 10 heteroatoms. The molecule has 0 spiro atoms. The van der Waals surface area contributed by atoms with Crippen LogP contribution >= 0.6 is 0 Å². The van der Waals surface area contributed by atoms with Gasteiger partial charge in [0, 0.05) is 0 Å². The summed E-state index contributed by atoms with van der Waals surface area (Å²) >= 11 is 0. The third kappa shape index (κ3) is 5.27. The lowest BCUT2D eigenvalue weighted by Crippen LogP contribution is -2.23. The van der Waals surface area contributed by atoms with E-state index in [4.69, 9.17) is 13.0 Å². The van der Waals surface area contributed by atoms with Gasteiger partial charge in [0.05, 0.1) is 7.05 Å². The number of alkyl halides is 4. The molecule has 0 bridgehead atoms. The van der Waals surface area contributed by atoms with E-state index in [9.17, 15) is 17.6 Å². The predicted octanol–water partition coefficient (Wildman–Crippen LogP) is 1.02. The fourth-order valence-electron chi connectivity index (χ4n) is 0.737. The van der Waals surface area contributed by atoms with Crippen LogP contribution in [-0.4, -0.2) is 23.0 Å². The standard InChI is InChI=1S/C7H10FN2.CHF3O3S/c1-3-7(8)10-5-4-9(2)6-10;2-1(3,4)8(5,6)7/h3-7H,1H2,2H3;(H,5,6,7)/q+1;/p-1. The van der Waals surface area contributed by atoms with Crippen molar-refractivity contribution in [3.8, 4) is 0 Å². The van der Waals surface area contributed by atoms with Crippen molar-refractivity contribution < 1.29 is 35.1 Å². The van der Waals surface area contributed by atoms with E-state index in [0.717, 1.165) is 0 Å². The molecule has 0 fully saturated rings. The molecule has 1 aromatic rings. The van der Waals surface area contributed by atoms with Crippen LogP contribution in [0.15, 0.2) is 31.4 Å². The number of imidazole rings is 1. The van der Waals surface area contributed by atoms with E-state index in [-0.39, 0.29) is 0 Å². The maximum absolute atomic E-state index is 12.7. The summed E-state index contributed by atoms with van der Waals surface area (Å²) in [5.41, 5.74) is -5.65. The molecule has 0 N–H and O–H groups in total. The topological polar surface area (TPSA) is 66.0 Å². The van der Waals surface area contributed by atoms with Crippen molar-refractivity contribution in [3.63, 3.8) is 0 Å². The Kier molecular flexibility index (Phi) is 5.49. The summed E-state index contributed by atoms with van der Waals surface area (Å²) < 4.78 is 74.8. The molecule has 1 heterocycles. The van der Waals surface area contributed by atoms with E-state index in [0.29, 0.717) is 0 Å². The van der Waals surface area contributed by atoms with Gasteiger partial charge < -0.3 is 4.55 Å². The van der Waals surface area contributed by atoms with Crippen molar-refractivity contribution in [2.75, 3.05) is 0 Å². The highest BCUT2D eigenvalue weighted by atomic mass is 32.2. The van der Waals surface area contributed by atoms with Crippen LogP contribution in [0, 0.1) is 0 Å². The molecule has 0 saturated heterocycles. The molecule has 1 rings (SSSR count). The maximum atomic E-state index is 12.7. The van der Waals surface area contributed by atoms with Gasteiger partial charge in [-0.2, -0.15) is 17.6 Å². The van der Waals surface area contributed by atoms with Gasteiger partial charge in [-0.1, -0.05) is 6.58 Å². The molecule has 0 aliphatic heterocycles. The van der Waals surface area contributed by atoms with Crippen molar-refractivity contribution in [2.45, 2.75) is 11.8 Å². The number of aromatic nitrogens is 2. The first-order chi connectivity index (χ1) is 7.99. The largest absolute Gasteiger partial charge is 0.741 e. The first-order valence-corrected chi connectivity index (χ1v) is 5.71. The lowest BCUT2D eigenvalue weighted by molar-refractivity contribution is -0.671. The molecule has 5 nitrogen and oxygen atoms in total. The lowest BCUT2D eigenvalue weighted by Gasteiger charge is -2.08. The van der Waals surface area contributed by atoms with E-state index < -0.39 is 21.9 Å². The third-order valence-corrected chi connectivity index (χ3v) is 2.12. The normalized spacial score (nSPS) is 13.4. The summed E-state index contributed by atoms with van der Waals surface area (Å²) in [4.78, 5) is 0. The number of allylic oxidation sites excluding steroid dienone is 1. The average molecular weight is 290 g/mol. The minimum absolute atomic E-state index is 1.11. The van der Waals surface area contributed by atoms with Crippen LogP contribution in [-0.2, 0) is 17.2 Å². The Bertz CT molecular complexity index is 495. The summed E-state index contributed by atoms with van der Waals surface area (Å²) in [7, 11) is -4.25. The maximum Gasteiger partial charge on any atom is 0.485 e. The van der Waals surface area contributed by atoms with Gasteiger partial charge in [0.25, 0.3) is 6.30 Å². The van der Waals surface area contributed by atoms with E-state index in [1.807, 2.05) is 7.05 Å². The smallest absolute Gasteiger partial charge is 0.485 e. The Balaban J connectivity index is 0.000000331. The van der Waals surface area contributed by atoms with Crippen molar-refractivity contribution in [1.82, 2.24) is 4.57 Å². The van der Waals surface area contributed by atoms with Crippen LogP contribution < -0.4 is 4.57 Å². The number of halogens is 4. The summed E-state index contributed by atoms with van der Waals surface area (Å²) in [5, 5.41) is 0. The molecule has 0 aromatic carbocycles. The molecular formula is C8H10F4N2O3S. The van der Waals surface area contributed by atoms with E-state index in [1.54, 1.807) is 23.3 Å². The van der Waals surface area contributed by atoms with Gasteiger partial charge in [-0.3, -0.25) is 0 Å². The zero-order valence-corrected chi connectivity index (χ0v) is 9.95. The SMILES string of the molecule is C=CC(F)n1cc[n+](C)c1.O=S(=O)([O-])C(F)(F)F. The molecular weight excluding hydrogens is 280 g/mol. The van der Waals surface area contributed by atoms with Gasteiger partial charge in [0.1, 0.15) is 12.4 Å². The third-order valence-electron chi connectivity index (χ3n) is 1.55. The van der Waals surface area contributed by atoms with E-state index >= 15 is 0 Å². The quantitative estimate of drug-likeness (QED) is 0.268. The van der Waals surface area contributed by atoms with Crippen molar-refractivity contribution >= 4 is 10.1 Å². The molecule has 104 valence electrons. The molecule has 0 aliphatic rings. The second-order valence-electron chi connectivity index (χ2n) is 3.03. The van der Waals surface area contributed by atoms with Crippen LogP contribution in [0.5, 0.6) is 0 Å². The molecule has 0 aliphatic carbocycles. The first-order valence-electron chi connectivity index (χ1n) is 4.30. The minimum atomic E-state index is -6.09. The monoisotopic (exact) mass is 290 g/mol. The number of rotatable bonds is 2. The predicted molar refractivity (Wildman–Crippen MR) is 51.7 cm³/mol. The number of aryl methyl sites for hydroxylation is 1. The van der Waals surface area contributed by atoms with Crippen LogP contribution in [0.3, 0.4) is 0 Å². The summed E-state index contributed by atoms with van der Waals surface area (Å²) in [5.74, 6) is 0. The van der Waals surface area contributed by atoms with Crippen LogP contribution in [0.2, 0.25) is 0 Å². The Morgan fingerprint density at radius 1 is 1.50 bits per heavy atom. The molecule has 1 unspecified atom stereocenters. The fraction of sp³-hybridized carbons (Fsp3) is 0.375. The van der Waals surface area contributed by atoms with Crippen LogP contribution in [0.4, 0.5) is 17.6 Å². The Labute approximate surface area is 101 Å². The highest BCUT2D eigenvalue weighted by Crippen LogP contribution is 2.20. The van der Waals surface area contributed by atoms with Crippen molar-refractivity contribution in [1.29, 1.82) is 0 Å². The molecule has 1 aromatic heterocycles. The second kappa shape index (κ2) is 5.96. The zero-order chi connectivity index (χ0) is 14.6. The van der Waals surface area contributed by atoms with Crippen LogP contribution in [0.1, 0.15) is 6.30 Å². The van der Waals surface area contributed by atoms with Crippen molar-refractivity contribution in [2.24, 2.45) is 7.05 Å². The zero-order valence-electron chi connectivity index (χ0n) is 9.13. The number of hydrogen-bond acceptors (Lipinski definition) is 3. The van der Waals surface area contributed by atoms with E-state index in [1.165, 1.54) is 10.6 Å². The first kappa shape index (κ1) is 16.6. The molecule has 0 saturated carbocycles. The summed E-state index contributed by atoms with van der Waals surface area (Å²) in [6.07, 6.45) is 5.23. The Morgan fingerprint density at radius 3 is 2.17 bits per heavy atom. The fourth-order valence-corrected chi connectivity index (χ4v) is 0.737. The van der Waals surface area contributed by atoms with Crippen molar-refractivity contribution in [3.05, 3.63) is 31.4 Å². The van der Waals surface area contributed by atoms with Gasteiger partial charge in [-0.25, -0.2) is 17.6 Å². The van der Waals surface area contributed by atoms with Gasteiger partial charge >= 0.3 is 5.51 Å². The number of hydrogen-bond donors (Lipinski definition) is 0. The Hall–Kier alpha value is -1.42. The van der Waals surface area contributed by atoms with E-state index in [2.05, 4.69) is 6.58 Å². The van der Waals surface area contributed by atoms with Crippen LogP contribution in [0.25, 0.3) is 0 Å². The van der Waals surface area contributed by atoms with Gasteiger partial charge in [0.15, 0.2) is 10.1 Å².